The SMILES string of the molecule is Nc1ccnc(NCc2cc(Br)ccc2F)c1. The minimum absolute atomic E-state index is 0.246. The van der Waals surface area contributed by atoms with Gasteiger partial charge in [-0.2, -0.15) is 0 Å². The molecule has 0 radical (unpaired) electrons. The zero-order chi connectivity index (χ0) is 12.3. The molecule has 3 N–H and O–H groups in total. The van der Waals surface area contributed by atoms with E-state index in [2.05, 4.69) is 26.2 Å². The molecule has 0 unspecified atom stereocenters. The Bertz CT molecular complexity index is 531. The van der Waals surface area contributed by atoms with Crippen molar-refractivity contribution in [3.05, 3.63) is 52.4 Å². The number of hydrogen-bond donors (Lipinski definition) is 2. The number of rotatable bonds is 3. The van der Waals surface area contributed by atoms with E-state index in [0.717, 1.165) is 4.47 Å². The summed E-state index contributed by atoms with van der Waals surface area (Å²) in [6.45, 7) is 0.363. The van der Waals surface area contributed by atoms with E-state index in [-0.39, 0.29) is 5.82 Å². The number of aromatic nitrogens is 1. The molecule has 0 aliphatic heterocycles. The lowest BCUT2D eigenvalue weighted by atomic mass is 10.2. The van der Waals surface area contributed by atoms with Crippen LogP contribution in [0.3, 0.4) is 0 Å². The summed E-state index contributed by atoms with van der Waals surface area (Å²) in [6.07, 6.45) is 1.61. The first kappa shape index (κ1) is 11.9. The molecular weight excluding hydrogens is 285 g/mol. The number of nitrogen functional groups attached to an aromatic ring is 1. The number of nitrogens with zero attached hydrogens (tertiary/aromatic N) is 1. The number of anilines is 2. The van der Waals surface area contributed by atoms with Gasteiger partial charge in [-0.05, 0) is 24.3 Å². The van der Waals surface area contributed by atoms with Crippen LogP contribution in [0.4, 0.5) is 15.9 Å². The van der Waals surface area contributed by atoms with E-state index in [1.807, 2.05) is 0 Å². The molecule has 0 atom stereocenters. The van der Waals surface area contributed by atoms with Crippen LogP contribution in [0.5, 0.6) is 0 Å². The van der Waals surface area contributed by atoms with Crippen molar-refractivity contribution in [1.29, 1.82) is 0 Å². The van der Waals surface area contributed by atoms with Crippen LogP contribution in [0.15, 0.2) is 41.0 Å². The van der Waals surface area contributed by atoms with Crippen LogP contribution in [-0.4, -0.2) is 4.98 Å². The van der Waals surface area contributed by atoms with Crippen LogP contribution in [0.25, 0.3) is 0 Å². The Labute approximate surface area is 107 Å². The molecule has 88 valence electrons. The van der Waals surface area contributed by atoms with Gasteiger partial charge < -0.3 is 11.1 Å². The Morgan fingerprint density at radius 2 is 2.12 bits per heavy atom. The summed E-state index contributed by atoms with van der Waals surface area (Å²) < 4.78 is 14.3. The third-order valence-electron chi connectivity index (χ3n) is 2.25. The second-order valence-corrected chi connectivity index (χ2v) is 4.48. The largest absolute Gasteiger partial charge is 0.399 e. The average molecular weight is 296 g/mol. The molecule has 0 amide bonds. The molecule has 0 aliphatic rings. The van der Waals surface area contributed by atoms with Crippen molar-refractivity contribution in [2.75, 3.05) is 11.1 Å². The van der Waals surface area contributed by atoms with Gasteiger partial charge in [-0.15, -0.1) is 0 Å². The number of pyridine rings is 1. The molecule has 17 heavy (non-hydrogen) atoms. The number of hydrogen-bond acceptors (Lipinski definition) is 3. The molecule has 0 saturated carbocycles. The highest BCUT2D eigenvalue weighted by Gasteiger charge is 2.03. The summed E-state index contributed by atoms with van der Waals surface area (Å²) in [4.78, 5) is 4.08. The Hall–Kier alpha value is -1.62. The molecule has 0 aliphatic carbocycles. The fourth-order valence-corrected chi connectivity index (χ4v) is 1.82. The Morgan fingerprint density at radius 1 is 1.29 bits per heavy atom. The van der Waals surface area contributed by atoms with Crippen molar-refractivity contribution in [2.24, 2.45) is 0 Å². The summed E-state index contributed by atoms with van der Waals surface area (Å²) >= 11 is 3.30. The number of nitrogens with two attached hydrogens (primary N) is 1. The van der Waals surface area contributed by atoms with E-state index < -0.39 is 0 Å². The highest BCUT2D eigenvalue weighted by Crippen LogP contribution is 2.17. The third kappa shape index (κ3) is 3.17. The highest BCUT2D eigenvalue weighted by molar-refractivity contribution is 9.10. The Morgan fingerprint density at radius 3 is 2.88 bits per heavy atom. The molecular formula is C12H11BrFN3. The van der Waals surface area contributed by atoms with Crippen LogP contribution in [0, 0.1) is 5.82 Å². The van der Waals surface area contributed by atoms with Gasteiger partial charge in [0.2, 0.25) is 0 Å². The van der Waals surface area contributed by atoms with E-state index >= 15 is 0 Å². The maximum atomic E-state index is 13.4. The Kier molecular flexibility index (Phi) is 3.58. The fourth-order valence-electron chi connectivity index (χ4n) is 1.41. The van der Waals surface area contributed by atoms with Crippen molar-refractivity contribution in [1.82, 2.24) is 4.98 Å². The molecule has 3 nitrogen and oxygen atoms in total. The highest BCUT2D eigenvalue weighted by atomic mass is 79.9. The van der Waals surface area contributed by atoms with Gasteiger partial charge in [0, 0.05) is 34.5 Å². The van der Waals surface area contributed by atoms with Gasteiger partial charge in [0.1, 0.15) is 11.6 Å². The first-order chi connectivity index (χ1) is 8.15. The van der Waals surface area contributed by atoms with Gasteiger partial charge >= 0.3 is 0 Å². The fraction of sp³-hybridized carbons (Fsp3) is 0.0833. The van der Waals surface area contributed by atoms with Gasteiger partial charge in [0.15, 0.2) is 0 Å². The van der Waals surface area contributed by atoms with E-state index in [4.69, 9.17) is 5.73 Å². The van der Waals surface area contributed by atoms with E-state index in [0.29, 0.717) is 23.6 Å². The molecule has 2 aromatic rings. The van der Waals surface area contributed by atoms with Gasteiger partial charge in [-0.3, -0.25) is 0 Å². The molecule has 5 heteroatoms. The minimum Gasteiger partial charge on any atom is -0.399 e. The summed E-state index contributed by atoms with van der Waals surface area (Å²) in [6, 6.07) is 8.22. The minimum atomic E-state index is -0.246. The van der Waals surface area contributed by atoms with Crippen molar-refractivity contribution >= 4 is 27.4 Å². The predicted molar refractivity (Wildman–Crippen MR) is 70.1 cm³/mol. The first-order valence-electron chi connectivity index (χ1n) is 5.04. The molecule has 0 bridgehead atoms. The topological polar surface area (TPSA) is 50.9 Å². The normalized spacial score (nSPS) is 10.2. The summed E-state index contributed by atoms with van der Waals surface area (Å²) in [5.74, 6) is 0.383. The lowest BCUT2D eigenvalue weighted by molar-refractivity contribution is 0.612. The van der Waals surface area contributed by atoms with Gasteiger partial charge in [-0.1, -0.05) is 15.9 Å². The van der Waals surface area contributed by atoms with Gasteiger partial charge in [0.05, 0.1) is 0 Å². The van der Waals surface area contributed by atoms with Crippen molar-refractivity contribution in [3.8, 4) is 0 Å². The van der Waals surface area contributed by atoms with E-state index in [1.54, 1.807) is 30.5 Å². The Balaban J connectivity index is 2.09. The summed E-state index contributed by atoms with van der Waals surface area (Å²) in [5, 5.41) is 3.02. The maximum absolute atomic E-state index is 13.4. The zero-order valence-electron chi connectivity index (χ0n) is 8.95. The lowest BCUT2D eigenvalue weighted by Crippen LogP contribution is -2.03. The van der Waals surface area contributed by atoms with Crippen LogP contribution in [-0.2, 0) is 6.54 Å². The third-order valence-corrected chi connectivity index (χ3v) is 2.74. The number of benzene rings is 1. The average Bonchev–Trinajstić information content (AvgIpc) is 2.30. The number of nitrogens with one attached hydrogen (secondary N) is 1. The summed E-state index contributed by atoms with van der Waals surface area (Å²) in [7, 11) is 0. The second-order valence-electron chi connectivity index (χ2n) is 3.56. The quantitative estimate of drug-likeness (QED) is 0.914. The number of halogens is 2. The maximum Gasteiger partial charge on any atom is 0.128 e. The molecule has 0 saturated heterocycles. The van der Waals surface area contributed by atoms with Crippen molar-refractivity contribution in [3.63, 3.8) is 0 Å². The predicted octanol–water partition coefficient (Wildman–Crippen LogP) is 3.18. The molecule has 2 rings (SSSR count). The zero-order valence-corrected chi connectivity index (χ0v) is 10.5. The van der Waals surface area contributed by atoms with Crippen molar-refractivity contribution < 1.29 is 4.39 Å². The van der Waals surface area contributed by atoms with Crippen LogP contribution in [0.1, 0.15) is 5.56 Å². The monoisotopic (exact) mass is 295 g/mol. The molecule has 1 aromatic heterocycles. The molecule has 0 fully saturated rings. The van der Waals surface area contributed by atoms with Gasteiger partial charge in [0.25, 0.3) is 0 Å². The molecule has 1 heterocycles. The standard InChI is InChI=1S/C12H11BrFN3/c13-9-1-2-11(14)8(5-9)7-17-12-6-10(15)3-4-16-12/h1-6H,7H2,(H3,15,16,17). The van der Waals surface area contributed by atoms with Crippen LogP contribution < -0.4 is 11.1 Å². The second kappa shape index (κ2) is 5.14. The lowest BCUT2D eigenvalue weighted by Gasteiger charge is -2.07. The van der Waals surface area contributed by atoms with Crippen molar-refractivity contribution in [2.45, 2.75) is 6.54 Å². The molecule has 1 aromatic carbocycles. The first-order valence-corrected chi connectivity index (χ1v) is 5.84. The molecule has 0 spiro atoms. The van der Waals surface area contributed by atoms with E-state index in [1.165, 1.54) is 6.07 Å². The van der Waals surface area contributed by atoms with Gasteiger partial charge in [-0.25, -0.2) is 9.37 Å². The van der Waals surface area contributed by atoms with Crippen LogP contribution in [0.2, 0.25) is 0 Å². The summed E-state index contributed by atoms with van der Waals surface area (Å²) in [5.41, 5.74) is 6.82. The van der Waals surface area contributed by atoms with Crippen LogP contribution >= 0.6 is 15.9 Å². The smallest absolute Gasteiger partial charge is 0.128 e. The van der Waals surface area contributed by atoms with E-state index in [9.17, 15) is 4.39 Å².